The maximum atomic E-state index is 3.89. The molecule has 2 atom stereocenters. The molecule has 0 aliphatic carbocycles. The third-order valence-corrected chi connectivity index (χ3v) is 3.87. The van der Waals surface area contributed by atoms with Crippen LogP contribution in [-0.4, -0.2) is 25.7 Å². The summed E-state index contributed by atoms with van der Waals surface area (Å²) >= 11 is 0. The third kappa shape index (κ3) is 4.98. The molecule has 0 aromatic rings. The lowest BCUT2D eigenvalue weighted by molar-refractivity contribution is -0.931. The molecular formula is C13H30N2+2. The van der Waals surface area contributed by atoms with E-state index >= 15 is 0 Å². The van der Waals surface area contributed by atoms with E-state index in [4.69, 9.17) is 0 Å². The van der Waals surface area contributed by atoms with E-state index in [0.29, 0.717) is 0 Å². The van der Waals surface area contributed by atoms with Crippen LogP contribution in [0.5, 0.6) is 0 Å². The Morgan fingerprint density at radius 1 is 1.13 bits per heavy atom. The lowest BCUT2D eigenvalue weighted by Gasteiger charge is -2.32. The van der Waals surface area contributed by atoms with Gasteiger partial charge in [0.1, 0.15) is 0 Å². The summed E-state index contributed by atoms with van der Waals surface area (Å²) in [7, 11) is 0. The van der Waals surface area contributed by atoms with Crippen LogP contribution < -0.4 is 10.6 Å². The van der Waals surface area contributed by atoms with Crippen LogP contribution in [0.1, 0.15) is 58.3 Å². The zero-order valence-electron chi connectivity index (χ0n) is 10.6. The van der Waals surface area contributed by atoms with Crippen LogP contribution in [0.3, 0.4) is 0 Å². The quantitative estimate of drug-likeness (QED) is 0.583. The molecule has 0 amide bonds. The Labute approximate surface area is 95.2 Å². The van der Waals surface area contributed by atoms with Crippen molar-refractivity contribution in [3.8, 4) is 0 Å². The van der Waals surface area contributed by atoms with Crippen molar-refractivity contribution >= 4 is 0 Å². The van der Waals surface area contributed by atoms with Crippen molar-refractivity contribution in [3.63, 3.8) is 0 Å². The molecule has 1 aliphatic rings. The first kappa shape index (κ1) is 13.0. The van der Waals surface area contributed by atoms with Crippen molar-refractivity contribution in [3.05, 3.63) is 0 Å². The van der Waals surface area contributed by atoms with Crippen molar-refractivity contribution < 1.29 is 10.6 Å². The Morgan fingerprint density at radius 3 is 2.67 bits per heavy atom. The summed E-state index contributed by atoms with van der Waals surface area (Å²) < 4.78 is 0. The largest absolute Gasteiger partial charge is 0.358 e. The van der Waals surface area contributed by atoms with Crippen LogP contribution in [0.25, 0.3) is 0 Å². The van der Waals surface area contributed by atoms with E-state index in [1.807, 2.05) is 4.90 Å². The lowest BCUT2D eigenvalue weighted by Crippen LogP contribution is -3.16. The van der Waals surface area contributed by atoms with Gasteiger partial charge in [-0.05, 0) is 51.4 Å². The van der Waals surface area contributed by atoms with Gasteiger partial charge in [0.05, 0.1) is 25.7 Å². The maximum absolute atomic E-state index is 3.89. The molecule has 1 aliphatic heterocycles. The molecule has 1 fully saturated rings. The fourth-order valence-electron chi connectivity index (χ4n) is 2.86. The smallest absolute Gasteiger partial charge is 0.0872 e. The fourth-order valence-corrected chi connectivity index (χ4v) is 2.86. The number of unbranched alkanes of at least 4 members (excludes halogenated alkanes) is 3. The topological polar surface area (TPSA) is 32.1 Å². The predicted molar refractivity (Wildman–Crippen MR) is 64.8 cm³/mol. The molecule has 0 bridgehead atoms. The number of nitrogens with one attached hydrogen (secondary N) is 1. The molecule has 1 unspecified atom stereocenters. The van der Waals surface area contributed by atoms with E-state index in [0.717, 1.165) is 12.6 Å². The molecule has 0 aromatic heterocycles. The molecule has 0 spiro atoms. The molecule has 1 heterocycles. The summed E-state index contributed by atoms with van der Waals surface area (Å²) in [5.74, 6) is 0. The first-order valence-corrected chi connectivity index (χ1v) is 7.02. The van der Waals surface area contributed by atoms with Crippen molar-refractivity contribution in [2.45, 2.75) is 64.3 Å². The van der Waals surface area contributed by atoms with Crippen molar-refractivity contribution in [2.24, 2.45) is 0 Å². The van der Waals surface area contributed by atoms with Crippen LogP contribution in [-0.2, 0) is 0 Å². The molecule has 90 valence electrons. The highest BCUT2D eigenvalue weighted by molar-refractivity contribution is 4.59. The Bertz CT molecular complexity index is 147. The van der Waals surface area contributed by atoms with E-state index in [9.17, 15) is 0 Å². The Morgan fingerprint density at radius 2 is 1.93 bits per heavy atom. The van der Waals surface area contributed by atoms with E-state index in [2.05, 4.69) is 12.7 Å². The SMILES string of the molecule is CC[C@H]1CCCC[NH+]1CCCCCC[NH3+]. The van der Waals surface area contributed by atoms with Crippen LogP contribution in [0.15, 0.2) is 0 Å². The molecule has 0 saturated carbocycles. The first-order chi connectivity index (χ1) is 7.38. The molecular weight excluding hydrogens is 184 g/mol. The first-order valence-electron chi connectivity index (χ1n) is 7.02. The molecule has 4 N–H and O–H groups in total. The Kier molecular flexibility index (Phi) is 7.03. The van der Waals surface area contributed by atoms with Gasteiger partial charge in [-0.15, -0.1) is 0 Å². The van der Waals surface area contributed by atoms with Gasteiger partial charge in [0.2, 0.25) is 0 Å². The van der Waals surface area contributed by atoms with Crippen molar-refractivity contribution in [1.82, 2.24) is 0 Å². The summed E-state index contributed by atoms with van der Waals surface area (Å²) in [6.07, 6.45) is 11.4. The minimum atomic E-state index is 0.978. The standard InChI is InChI=1S/C13H28N2/c1-2-13-9-5-8-12-15(13)11-7-4-3-6-10-14/h13H,2-12,14H2,1H3/p+2/t13-/m0/s1. The van der Waals surface area contributed by atoms with Gasteiger partial charge in [-0.3, -0.25) is 0 Å². The number of piperidine rings is 1. The van der Waals surface area contributed by atoms with E-state index in [1.54, 1.807) is 0 Å². The minimum Gasteiger partial charge on any atom is -0.358 e. The van der Waals surface area contributed by atoms with Crippen molar-refractivity contribution in [1.29, 1.82) is 0 Å². The van der Waals surface area contributed by atoms with Gasteiger partial charge in [0.15, 0.2) is 0 Å². The normalized spacial score (nSPS) is 26.8. The second-order valence-electron chi connectivity index (χ2n) is 5.03. The van der Waals surface area contributed by atoms with Crippen molar-refractivity contribution in [2.75, 3.05) is 19.6 Å². The molecule has 0 aromatic carbocycles. The van der Waals surface area contributed by atoms with Gasteiger partial charge in [-0.1, -0.05) is 6.92 Å². The van der Waals surface area contributed by atoms with Gasteiger partial charge in [-0.2, -0.15) is 0 Å². The number of quaternary nitrogens is 2. The Hall–Kier alpha value is -0.0800. The van der Waals surface area contributed by atoms with E-state index in [-0.39, 0.29) is 0 Å². The van der Waals surface area contributed by atoms with Gasteiger partial charge in [-0.25, -0.2) is 0 Å². The second kappa shape index (κ2) is 8.12. The van der Waals surface area contributed by atoms with Crippen LogP contribution in [0.2, 0.25) is 0 Å². The summed E-state index contributed by atoms with van der Waals surface area (Å²) in [4.78, 5) is 1.90. The Balaban J connectivity index is 2.07. The minimum absolute atomic E-state index is 0.978. The summed E-state index contributed by atoms with van der Waals surface area (Å²) in [5, 5.41) is 0. The zero-order valence-corrected chi connectivity index (χ0v) is 10.6. The van der Waals surface area contributed by atoms with Crippen LogP contribution in [0, 0.1) is 0 Å². The highest BCUT2D eigenvalue weighted by Crippen LogP contribution is 2.06. The molecule has 1 rings (SSSR count). The van der Waals surface area contributed by atoms with Gasteiger partial charge in [0, 0.05) is 0 Å². The average Bonchev–Trinajstić information content (AvgIpc) is 2.29. The van der Waals surface area contributed by atoms with Crippen LogP contribution in [0.4, 0.5) is 0 Å². The maximum Gasteiger partial charge on any atom is 0.0872 e. The predicted octanol–water partition coefficient (Wildman–Crippen LogP) is 0.636. The zero-order chi connectivity index (χ0) is 10.9. The number of likely N-dealkylation sites (tertiary alicyclic amines) is 1. The molecule has 2 heteroatoms. The number of hydrogen-bond acceptors (Lipinski definition) is 0. The molecule has 15 heavy (non-hydrogen) atoms. The summed E-state index contributed by atoms with van der Waals surface area (Å²) in [6, 6.07) is 0.978. The highest BCUT2D eigenvalue weighted by atomic mass is 15.2. The lowest BCUT2D eigenvalue weighted by atomic mass is 9.99. The van der Waals surface area contributed by atoms with Gasteiger partial charge >= 0.3 is 0 Å². The third-order valence-electron chi connectivity index (χ3n) is 3.87. The second-order valence-corrected chi connectivity index (χ2v) is 5.03. The van der Waals surface area contributed by atoms with Gasteiger partial charge < -0.3 is 10.6 Å². The molecule has 0 radical (unpaired) electrons. The monoisotopic (exact) mass is 214 g/mol. The van der Waals surface area contributed by atoms with E-state index in [1.165, 1.54) is 64.5 Å². The number of hydrogen-bond donors (Lipinski definition) is 2. The summed E-state index contributed by atoms with van der Waals surface area (Å²) in [5.41, 5.74) is 3.89. The number of rotatable bonds is 7. The average molecular weight is 214 g/mol. The van der Waals surface area contributed by atoms with Gasteiger partial charge in [0.25, 0.3) is 0 Å². The molecule has 1 saturated heterocycles. The van der Waals surface area contributed by atoms with Crippen LogP contribution >= 0.6 is 0 Å². The fraction of sp³-hybridized carbons (Fsp3) is 1.00. The molecule has 2 nitrogen and oxygen atoms in total. The van der Waals surface area contributed by atoms with E-state index < -0.39 is 0 Å². The summed E-state index contributed by atoms with van der Waals surface area (Å²) in [6.45, 7) is 6.34. The highest BCUT2D eigenvalue weighted by Gasteiger charge is 2.23.